The van der Waals surface area contributed by atoms with Crippen LogP contribution >= 0.6 is 23.4 Å². The predicted molar refractivity (Wildman–Crippen MR) is 85.8 cm³/mol. The van der Waals surface area contributed by atoms with Gasteiger partial charge in [0, 0.05) is 12.2 Å². The van der Waals surface area contributed by atoms with Crippen molar-refractivity contribution in [2.75, 3.05) is 12.9 Å². The summed E-state index contributed by atoms with van der Waals surface area (Å²) < 4.78 is 4.94. The van der Waals surface area contributed by atoms with E-state index in [2.05, 4.69) is 10.3 Å². The lowest BCUT2D eigenvalue weighted by Crippen LogP contribution is -2.51. The minimum atomic E-state index is -0.593. The largest absolute Gasteiger partial charge is 0.468 e. The normalized spacial score (nSPS) is 17.3. The molecule has 1 heterocycles. The van der Waals surface area contributed by atoms with Crippen molar-refractivity contribution in [3.8, 4) is 0 Å². The SMILES string of the molecule is COC(=O)C(C)(CCCSc1ncccc1Cl)NC1CC1. The Labute approximate surface area is 135 Å². The highest BCUT2D eigenvalue weighted by atomic mass is 35.5. The maximum Gasteiger partial charge on any atom is 0.325 e. The Kier molecular flexibility index (Phi) is 5.90. The molecule has 0 aliphatic heterocycles. The number of hydrogen-bond donors (Lipinski definition) is 1. The fraction of sp³-hybridized carbons (Fsp3) is 0.600. The van der Waals surface area contributed by atoms with Gasteiger partial charge in [-0.05, 0) is 50.5 Å². The van der Waals surface area contributed by atoms with Crippen molar-refractivity contribution in [3.05, 3.63) is 23.4 Å². The molecule has 0 spiro atoms. The van der Waals surface area contributed by atoms with E-state index < -0.39 is 5.54 Å². The number of thioether (sulfide) groups is 1. The molecule has 0 saturated heterocycles. The first-order chi connectivity index (χ1) is 10.0. The summed E-state index contributed by atoms with van der Waals surface area (Å²) in [5.41, 5.74) is -0.593. The highest BCUT2D eigenvalue weighted by Gasteiger charge is 2.38. The first-order valence-corrected chi connectivity index (χ1v) is 8.51. The second kappa shape index (κ2) is 7.47. The van der Waals surface area contributed by atoms with Crippen molar-refractivity contribution in [1.29, 1.82) is 0 Å². The summed E-state index contributed by atoms with van der Waals surface area (Å²) in [5, 5.41) is 4.92. The monoisotopic (exact) mass is 328 g/mol. The van der Waals surface area contributed by atoms with Gasteiger partial charge in [-0.1, -0.05) is 11.6 Å². The van der Waals surface area contributed by atoms with Gasteiger partial charge in [0.1, 0.15) is 10.6 Å². The summed E-state index contributed by atoms with van der Waals surface area (Å²) >= 11 is 7.69. The molecular weight excluding hydrogens is 308 g/mol. The van der Waals surface area contributed by atoms with E-state index >= 15 is 0 Å². The number of carbonyl (C=O) groups is 1. The minimum absolute atomic E-state index is 0.185. The van der Waals surface area contributed by atoms with Gasteiger partial charge >= 0.3 is 5.97 Å². The highest BCUT2D eigenvalue weighted by molar-refractivity contribution is 7.99. The maximum absolute atomic E-state index is 12.0. The van der Waals surface area contributed by atoms with E-state index in [0.29, 0.717) is 11.1 Å². The minimum Gasteiger partial charge on any atom is -0.468 e. The summed E-state index contributed by atoms with van der Waals surface area (Å²) in [6.07, 6.45) is 5.66. The Morgan fingerprint density at radius 2 is 2.38 bits per heavy atom. The number of ether oxygens (including phenoxy) is 1. The maximum atomic E-state index is 12.0. The molecule has 1 atom stereocenters. The fourth-order valence-corrected chi connectivity index (χ4v) is 3.32. The lowest BCUT2D eigenvalue weighted by atomic mass is 9.96. The van der Waals surface area contributed by atoms with Crippen molar-refractivity contribution in [2.45, 2.75) is 49.2 Å². The van der Waals surface area contributed by atoms with E-state index in [1.807, 2.05) is 19.1 Å². The van der Waals surface area contributed by atoms with Crippen LogP contribution in [0, 0.1) is 0 Å². The number of aromatic nitrogens is 1. The number of pyridine rings is 1. The molecule has 6 heteroatoms. The molecule has 0 radical (unpaired) electrons. The zero-order valence-electron chi connectivity index (χ0n) is 12.4. The third-order valence-electron chi connectivity index (χ3n) is 3.52. The van der Waals surface area contributed by atoms with Crippen LogP contribution in [0.3, 0.4) is 0 Å². The lowest BCUT2D eigenvalue weighted by molar-refractivity contribution is -0.148. The number of esters is 1. The summed E-state index contributed by atoms with van der Waals surface area (Å²) in [5.74, 6) is 0.686. The predicted octanol–water partition coefficient (Wildman–Crippen LogP) is 3.29. The first-order valence-electron chi connectivity index (χ1n) is 7.14. The van der Waals surface area contributed by atoms with Crippen LogP contribution in [0.1, 0.15) is 32.6 Å². The fourth-order valence-electron chi connectivity index (χ4n) is 2.21. The Balaban J connectivity index is 1.81. The number of carbonyl (C=O) groups excluding carboxylic acids is 1. The molecule has 1 aromatic rings. The molecule has 0 aromatic carbocycles. The van der Waals surface area contributed by atoms with Gasteiger partial charge in [-0.3, -0.25) is 10.1 Å². The molecule has 1 aromatic heterocycles. The number of rotatable bonds is 8. The molecule has 0 amide bonds. The van der Waals surface area contributed by atoms with Crippen LogP contribution in [-0.2, 0) is 9.53 Å². The molecule has 1 fully saturated rings. The Morgan fingerprint density at radius 1 is 1.62 bits per heavy atom. The summed E-state index contributed by atoms with van der Waals surface area (Å²) in [7, 11) is 1.44. The third kappa shape index (κ3) is 4.87. The molecule has 1 aliphatic carbocycles. The zero-order valence-corrected chi connectivity index (χ0v) is 14.0. The van der Waals surface area contributed by atoms with Crippen LogP contribution in [0.5, 0.6) is 0 Å². The standard InChI is InChI=1S/C15H21ClN2O2S/c1-15(14(19)20-2,18-11-6-7-11)8-4-10-21-13-12(16)5-3-9-17-13/h3,5,9,11,18H,4,6-8,10H2,1-2H3. The van der Waals surface area contributed by atoms with Gasteiger partial charge in [-0.15, -0.1) is 11.8 Å². The van der Waals surface area contributed by atoms with Crippen molar-refractivity contribution >= 4 is 29.3 Å². The van der Waals surface area contributed by atoms with Gasteiger partial charge in [0.05, 0.1) is 12.1 Å². The quantitative estimate of drug-likeness (QED) is 0.451. The molecule has 0 bridgehead atoms. The van der Waals surface area contributed by atoms with E-state index in [1.54, 1.807) is 18.0 Å². The van der Waals surface area contributed by atoms with Gasteiger partial charge in [0.2, 0.25) is 0 Å². The molecule has 1 saturated carbocycles. The van der Waals surface area contributed by atoms with Crippen LogP contribution in [0.4, 0.5) is 0 Å². The number of methoxy groups -OCH3 is 1. The van der Waals surface area contributed by atoms with E-state index in [9.17, 15) is 4.79 Å². The molecule has 1 aliphatic rings. The van der Waals surface area contributed by atoms with Gasteiger partial charge < -0.3 is 4.74 Å². The topological polar surface area (TPSA) is 51.2 Å². The molecule has 21 heavy (non-hydrogen) atoms. The Morgan fingerprint density at radius 3 is 3.00 bits per heavy atom. The Hall–Kier alpha value is -0.780. The van der Waals surface area contributed by atoms with Gasteiger partial charge in [-0.25, -0.2) is 4.98 Å². The van der Waals surface area contributed by atoms with Crippen LogP contribution in [0.15, 0.2) is 23.4 Å². The molecular formula is C15H21ClN2O2S. The van der Waals surface area contributed by atoms with Crippen LogP contribution < -0.4 is 5.32 Å². The summed E-state index contributed by atoms with van der Waals surface area (Å²) in [6.45, 7) is 1.93. The average Bonchev–Trinajstić information content (AvgIpc) is 3.28. The van der Waals surface area contributed by atoms with Crippen LogP contribution in [0.2, 0.25) is 5.02 Å². The first kappa shape index (κ1) is 16.6. The Bertz CT molecular complexity index is 496. The van der Waals surface area contributed by atoms with Crippen LogP contribution in [-0.4, -0.2) is 35.4 Å². The zero-order chi connectivity index (χ0) is 15.3. The highest BCUT2D eigenvalue weighted by Crippen LogP contribution is 2.28. The third-order valence-corrected chi connectivity index (χ3v) is 5.03. The molecule has 116 valence electrons. The van der Waals surface area contributed by atoms with Crippen molar-refractivity contribution in [3.63, 3.8) is 0 Å². The molecule has 1 unspecified atom stereocenters. The van der Waals surface area contributed by atoms with E-state index in [4.69, 9.17) is 16.3 Å². The summed E-state index contributed by atoms with van der Waals surface area (Å²) in [4.78, 5) is 16.2. The number of hydrogen-bond acceptors (Lipinski definition) is 5. The second-order valence-electron chi connectivity index (χ2n) is 5.48. The number of nitrogens with one attached hydrogen (secondary N) is 1. The van der Waals surface area contributed by atoms with E-state index in [-0.39, 0.29) is 5.97 Å². The smallest absolute Gasteiger partial charge is 0.325 e. The molecule has 4 nitrogen and oxygen atoms in total. The van der Waals surface area contributed by atoms with Crippen LogP contribution in [0.25, 0.3) is 0 Å². The van der Waals surface area contributed by atoms with Gasteiger partial charge in [0.25, 0.3) is 0 Å². The lowest BCUT2D eigenvalue weighted by Gasteiger charge is -2.28. The second-order valence-corrected chi connectivity index (χ2v) is 6.98. The average molecular weight is 329 g/mol. The summed E-state index contributed by atoms with van der Waals surface area (Å²) in [6, 6.07) is 4.12. The van der Waals surface area contributed by atoms with E-state index in [0.717, 1.165) is 36.5 Å². The van der Waals surface area contributed by atoms with Gasteiger partial charge in [-0.2, -0.15) is 0 Å². The number of halogens is 1. The molecule has 1 N–H and O–H groups in total. The van der Waals surface area contributed by atoms with Crippen molar-refractivity contribution in [2.24, 2.45) is 0 Å². The van der Waals surface area contributed by atoms with E-state index in [1.165, 1.54) is 7.11 Å². The molecule has 2 rings (SSSR count). The van der Waals surface area contributed by atoms with Gasteiger partial charge in [0.15, 0.2) is 0 Å². The van der Waals surface area contributed by atoms with Crippen molar-refractivity contribution in [1.82, 2.24) is 10.3 Å². The number of nitrogens with zero attached hydrogens (tertiary/aromatic N) is 1. The van der Waals surface area contributed by atoms with Crippen molar-refractivity contribution < 1.29 is 9.53 Å².